The van der Waals surface area contributed by atoms with Crippen LogP contribution in [-0.4, -0.2) is 49.8 Å². The maximum absolute atomic E-state index is 12.4. The number of ether oxygens (including phenoxy) is 1. The molecule has 2 amide bonds. The number of urea groups is 1. The Morgan fingerprint density at radius 3 is 2.65 bits per heavy atom. The van der Waals surface area contributed by atoms with Crippen molar-refractivity contribution >= 4 is 17.6 Å². The summed E-state index contributed by atoms with van der Waals surface area (Å²) in [5, 5.41) is 6.85. The van der Waals surface area contributed by atoms with Gasteiger partial charge >= 0.3 is 6.03 Å². The number of benzene rings is 1. The van der Waals surface area contributed by atoms with Gasteiger partial charge < -0.3 is 20.3 Å². The molecular weight excluding hydrogens is 314 g/mol. The lowest BCUT2D eigenvalue weighted by Crippen LogP contribution is -2.48. The average molecular weight is 338 g/mol. The Morgan fingerprint density at radius 2 is 2.09 bits per heavy atom. The van der Waals surface area contributed by atoms with E-state index in [2.05, 4.69) is 15.5 Å². The van der Waals surface area contributed by atoms with Crippen molar-refractivity contribution in [2.45, 2.75) is 43.6 Å². The Bertz CT molecular complexity index is 549. The first-order chi connectivity index (χ1) is 11.0. The number of hydrogen-bond donors (Lipinski definition) is 2. The van der Waals surface area contributed by atoms with Crippen LogP contribution < -0.4 is 10.6 Å². The number of likely N-dealkylation sites (N-methyl/N-ethyl adjacent to an activating group) is 1. The number of nitrogens with zero attached hydrogens (tertiary/aromatic N) is 1. The van der Waals surface area contributed by atoms with Crippen molar-refractivity contribution in [3.05, 3.63) is 34.9 Å². The number of nitrogens with one attached hydrogen (secondary N) is 2. The van der Waals surface area contributed by atoms with Gasteiger partial charge in [0.25, 0.3) is 0 Å². The molecule has 23 heavy (non-hydrogen) atoms. The molecule has 3 rings (SSSR count). The summed E-state index contributed by atoms with van der Waals surface area (Å²) in [4.78, 5) is 14.4. The second-order valence-corrected chi connectivity index (χ2v) is 7.14. The predicted octanol–water partition coefficient (Wildman–Crippen LogP) is 2.56. The van der Waals surface area contributed by atoms with Crippen molar-refractivity contribution in [1.29, 1.82) is 0 Å². The third-order valence-corrected chi connectivity index (χ3v) is 4.80. The predicted molar refractivity (Wildman–Crippen MR) is 90.7 cm³/mol. The summed E-state index contributed by atoms with van der Waals surface area (Å²) in [6.07, 6.45) is 3.62. The molecule has 2 aliphatic rings. The fourth-order valence-corrected chi connectivity index (χ4v) is 3.58. The monoisotopic (exact) mass is 337 g/mol. The number of rotatable bonds is 5. The zero-order valence-corrected chi connectivity index (χ0v) is 14.3. The van der Waals surface area contributed by atoms with E-state index in [4.69, 9.17) is 16.3 Å². The number of halogens is 1. The molecule has 1 aromatic carbocycles. The van der Waals surface area contributed by atoms with Gasteiger partial charge in [0.15, 0.2) is 0 Å². The van der Waals surface area contributed by atoms with Gasteiger partial charge in [0.1, 0.15) is 0 Å². The topological polar surface area (TPSA) is 53.6 Å². The molecular formula is C17H24ClN3O2. The van der Waals surface area contributed by atoms with Crippen LogP contribution in [0.2, 0.25) is 5.02 Å². The number of amides is 2. The zero-order valence-electron chi connectivity index (χ0n) is 13.6. The van der Waals surface area contributed by atoms with Crippen LogP contribution in [0.1, 0.15) is 30.9 Å². The molecule has 1 aromatic rings. The molecule has 0 spiro atoms. The molecule has 0 aliphatic carbocycles. The average Bonchev–Trinajstić information content (AvgIpc) is 3.09. The van der Waals surface area contributed by atoms with Crippen LogP contribution in [0.3, 0.4) is 0 Å². The number of fused-ring (bicyclic) bond motifs is 2. The summed E-state index contributed by atoms with van der Waals surface area (Å²) in [6, 6.07) is 7.54. The third kappa shape index (κ3) is 4.16. The van der Waals surface area contributed by atoms with Gasteiger partial charge in [0.05, 0.1) is 24.3 Å². The fraction of sp³-hybridized carbons (Fsp3) is 0.588. The summed E-state index contributed by atoms with van der Waals surface area (Å²) >= 11 is 5.95. The van der Waals surface area contributed by atoms with Gasteiger partial charge in [-0.15, -0.1) is 0 Å². The minimum atomic E-state index is -0.132. The molecule has 0 aromatic heterocycles. The largest absolute Gasteiger partial charge is 0.373 e. The van der Waals surface area contributed by atoms with E-state index in [1.165, 1.54) is 0 Å². The molecule has 2 saturated heterocycles. The highest BCUT2D eigenvalue weighted by Gasteiger charge is 2.41. The minimum absolute atomic E-state index is 0.0817. The van der Waals surface area contributed by atoms with Gasteiger partial charge in [-0.25, -0.2) is 4.79 Å². The second kappa shape index (κ2) is 7.07. The highest BCUT2D eigenvalue weighted by Crippen LogP contribution is 2.34. The van der Waals surface area contributed by atoms with Crippen molar-refractivity contribution in [2.75, 3.05) is 20.6 Å². The van der Waals surface area contributed by atoms with Crippen molar-refractivity contribution < 1.29 is 9.53 Å². The Hall–Kier alpha value is -1.30. The lowest BCUT2D eigenvalue weighted by atomic mass is 9.96. The van der Waals surface area contributed by atoms with Gasteiger partial charge in [-0.05, 0) is 51.1 Å². The summed E-state index contributed by atoms with van der Waals surface area (Å²) in [5.41, 5.74) is 1.04. The fourth-order valence-electron chi connectivity index (χ4n) is 3.45. The summed E-state index contributed by atoms with van der Waals surface area (Å²) < 4.78 is 5.79. The van der Waals surface area contributed by atoms with E-state index in [9.17, 15) is 4.79 Å². The number of carbonyl (C=O) groups excluding carboxylic acids is 1. The number of hydrogen-bond acceptors (Lipinski definition) is 3. The first-order valence-corrected chi connectivity index (χ1v) is 8.52. The maximum Gasteiger partial charge on any atom is 0.315 e. The smallest absolute Gasteiger partial charge is 0.315 e. The molecule has 2 heterocycles. The highest BCUT2D eigenvalue weighted by atomic mass is 35.5. The standard InChI is InChI=1S/C17H24ClN3O2/c1-21(2)10-15(11-3-5-12(18)6-4-11)20-17(22)19-14-9-13-7-8-16(14)23-13/h3-6,13-16H,7-10H2,1-2H3,(H2,19,20,22). The van der Waals surface area contributed by atoms with E-state index in [-0.39, 0.29) is 24.2 Å². The van der Waals surface area contributed by atoms with Gasteiger partial charge in [-0.2, -0.15) is 0 Å². The molecule has 4 atom stereocenters. The van der Waals surface area contributed by atoms with Crippen LogP contribution in [0.4, 0.5) is 4.79 Å². The molecule has 6 heteroatoms. The minimum Gasteiger partial charge on any atom is -0.373 e. The van der Waals surface area contributed by atoms with Crippen LogP contribution in [0.25, 0.3) is 0 Å². The Balaban J connectivity index is 1.61. The van der Waals surface area contributed by atoms with E-state index in [1.807, 2.05) is 38.4 Å². The summed E-state index contributed by atoms with van der Waals surface area (Å²) in [6.45, 7) is 0.724. The van der Waals surface area contributed by atoms with Crippen LogP contribution >= 0.6 is 11.6 Å². The first-order valence-electron chi connectivity index (χ1n) is 8.14. The normalized spacial score (nSPS) is 27.2. The Labute approximate surface area is 142 Å². The maximum atomic E-state index is 12.4. The second-order valence-electron chi connectivity index (χ2n) is 6.70. The Kier molecular flexibility index (Phi) is 5.09. The molecule has 2 bridgehead atoms. The van der Waals surface area contributed by atoms with Crippen molar-refractivity contribution in [2.24, 2.45) is 0 Å². The van der Waals surface area contributed by atoms with Crippen molar-refractivity contribution in [3.63, 3.8) is 0 Å². The van der Waals surface area contributed by atoms with Gasteiger partial charge in [0, 0.05) is 11.6 Å². The van der Waals surface area contributed by atoms with Crippen molar-refractivity contribution in [1.82, 2.24) is 15.5 Å². The van der Waals surface area contributed by atoms with Crippen LogP contribution in [0, 0.1) is 0 Å². The van der Waals surface area contributed by atoms with Gasteiger partial charge in [0.2, 0.25) is 0 Å². The van der Waals surface area contributed by atoms with E-state index in [1.54, 1.807) is 0 Å². The summed E-state index contributed by atoms with van der Waals surface area (Å²) in [7, 11) is 3.98. The summed E-state index contributed by atoms with van der Waals surface area (Å²) in [5.74, 6) is 0. The molecule has 0 saturated carbocycles. The van der Waals surface area contributed by atoms with Crippen LogP contribution in [0.5, 0.6) is 0 Å². The van der Waals surface area contributed by atoms with E-state index in [0.717, 1.165) is 31.4 Å². The van der Waals surface area contributed by atoms with E-state index >= 15 is 0 Å². The number of carbonyl (C=O) groups is 1. The molecule has 2 fully saturated rings. The molecule has 0 radical (unpaired) electrons. The van der Waals surface area contributed by atoms with Crippen molar-refractivity contribution in [3.8, 4) is 0 Å². The van der Waals surface area contributed by atoms with Gasteiger partial charge in [-0.3, -0.25) is 0 Å². The quantitative estimate of drug-likeness (QED) is 0.868. The van der Waals surface area contributed by atoms with Gasteiger partial charge in [-0.1, -0.05) is 23.7 Å². The SMILES string of the molecule is CN(C)CC(NC(=O)NC1CC2CCC1O2)c1ccc(Cl)cc1. The molecule has 2 N–H and O–H groups in total. The molecule has 5 nitrogen and oxygen atoms in total. The lowest BCUT2D eigenvalue weighted by molar-refractivity contribution is 0.0980. The molecule has 126 valence electrons. The molecule has 4 unspecified atom stereocenters. The Morgan fingerprint density at radius 1 is 1.35 bits per heavy atom. The van der Waals surface area contributed by atoms with Crippen LogP contribution in [-0.2, 0) is 4.74 Å². The molecule has 2 aliphatic heterocycles. The third-order valence-electron chi connectivity index (χ3n) is 4.55. The van der Waals surface area contributed by atoms with E-state index in [0.29, 0.717) is 11.1 Å². The first kappa shape index (κ1) is 16.6. The highest BCUT2D eigenvalue weighted by molar-refractivity contribution is 6.30. The lowest BCUT2D eigenvalue weighted by Gasteiger charge is -2.25. The zero-order chi connectivity index (χ0) is 16.4. The van der Waals surface area contributed by atoms with Crippen LogP contribution in [0.15, 0.2) is 24.3 Å². The van der Waals surface area contributed by atoms with E-state index < -0.39 is 0 Å².